The summed E-state index contributed by atoms with van der Waals surface area (Å²) in [6, 6.07) is 9.17. The lowest BCUT2D eigenvalue weighted by Crippen LogP contribution is -2.36. The van der Waals surface area contributed by atoms with Gasteiger partial charge in [0.2, 0.25) is 0 Å². The molecule has 4 N–H and O–H groups in total. The minimum atomic E-state index is -1.32. The van der Waals surface area contributed by atoms with Gasteiger partial charge < -0.3 is 25.4 Å². The Bertz CT molecular complexity index is 761. The summed E-state index contributed by atoms with van der Waals surface area (Å²) in [5.41, 5.74) is 1.27. The Morgan fingerprint density at radius 1 is 1.21 bits per heavy atom. The predicted molar refractivity (Wildman–Crippen MR) is 86.0 cm³/mol. The third-order valence-corrected chi connectivity index (χ3v) is 3.95. The molecule has 4 atom stereocenters. The van der Waals surface area contributed by atoms with Gasteiger partial charge in [-0.25, -0.2) is 4.79 Å². The quantitative estimate of drug-likeness (QED) is 0.617. The highest BCUT2D eigenvalue weighted by Gasteiger charge is 2.43. The van der Waals surface area contributed by atoms with Crippen LogP contribution in [0.1, 0.15) is 11.8 Å². The number of benzene rings is 1. The molecule has 1 aromatic heterocycles. The van der Waals surface area contributed by atoms with Gasteiger partial charge in [-0.05, 0) is 25.1 Å². The molecule has 1 aromatic carbocycles. The highest BCUT2D eigenvalue weighted by atomic mass is 16.6. The minimum absolute atomic E-state index is 0.354. The molecule has 0 unspecified atom stereocenters. The van der Waals surface area contributed by atoms with Crippen LogP contribution in [0.3, 0.4) is 0 Å². The van der Waals surface area contributed by atoms with E-state index in [9.17, 15) is 15.0 Å². The van der Waals surface area contributed by atoms with Crippen LogP contribution in [0.2, 0.25) is 0 Å². The number of nitrogens with zero attached hydrogens (tertiary/aromatic N) is 2. The Morgan fingerprint density at radius 3 is 2.50 bits per heavy atom. The molecule has 1 aliphatic rings. The van der Waals surface area contributed by atoms with Crippen molar-refractivity contribution in [1.82, 2.24) is 9.55 Å². The van der Waals surface area contributed by atoms with Gasteiger partial charge in [0.05, 0.1) is 6.61 Å². The van der Waals surface area contributed by atoms with Gasteiger partial charge in [-0.15, -0.1) is 0 Å². The number of aryl methyl sites for hydroxylation is 1. The van der Waals surface area contributed by atoms with E-state index >= 15 is 0 Å². The maximum atomic E-state index is 12.2. The first-order chi connectivity index (χ1) is 11.5. The Balaban J connectivity index is 1.80. The third-order valence-electron chi connectivity index (χ3n) is 3.95. The molecule has 3 rings (SSSR count). The number of aliphatic hydroxyl groups excluding tert-OH is 3. The topological polar surface area (TPSA) is 117 Å². The lowest BCUT2D eigenvalue weighted by Gasteiger charge is -2.17. The van der Waals surface area contributed by atoms with Gasteiger partial charge in [-0.2, -0.15) is 4.98 Å². The van der Waals surface area contributed by atoms with Gasteiger partial charge in [0.15, 0.2) is 6.23 Å². The van der Waals surface area contributed by atoms with E-state index in [4.69, 9.17) is 9.84 Å². The highest BCUT2D eigenvalue weighted by Crippen LogP contribution is 2.28. The van der Waals surface area contributed by atoms with E-state index in [0.29, 0.717) is 5.82 Å². The smallest absolute Gasteiger partial charge is 0.351 e. The van der Waals surface area contributed by atoms with Crippen LogP contribution in [0.5, 0.6) is 0 Å². The van der Waals surface area contributed by atoms with E-state index in [1.54, 1.807) is 6.07 Å². The van der Waals surface area contributed by atoms with Crippen molar-refractivity contribution >= 4 is 11.5 Å². The number of hydrogen-bond acceptors (Lipinski definition) is 7. The van der Waals surface area contributed by atoms with E-state index in [1.807, 2.05) is 31.2 Å². The normalized spacial score (nSPS) is 26.5. The van der Waals surface area contributed by atoms with E-state index in [2.05, 4.69) is 10.3 Å². The first-order valence-electron chi connectivity index (χ1n) is 7.55. The molecule has 2 aromatic rings. The standard InChI is InChI=1S/C16H19N3O5/c1-9-2-4-10(5-3-9)17-12-6-7-19(16(23)18-12)15-14(22)13(21)11(8-20)24-15/h2-7,11,13-15,20-22H,8H2,1H3,(H,17,18,23)/t11-,13-,14-,15-/m1/s1. The summed E-state index contributed by atoms with van der Waals surface area (Å²) in [5, 5.41) is 31.9. The number of ether oxygens (including phenoxy) is 1. The molecule has 0 spiro atoms. The molecule has 0 aliphatic carbocycles. The van der Waals surface area contributed by atoms with Crippen molar-refractivity contribution in [3.05, 3.63) is 52.6 Å². The van der Waals surface area contributed by atoms with Crippen LogP contribution in [0.15, 0.2) is 41.3 Å². The van der Waals surface area contributed by atoms with Gasteiger partial charge in [-0.3, -0.25) is 4.57 Å². The third kappa shape index (κ3) is 3.17. The van der Waals surface area contributed by atoms with Crippen molar-refractivity contribution in [2.45, 2.75) is 31.5 Å². The minimum Gasteiger partial charge on any atom is -0.394 e. The van der Waals surface area contributed by atoms with Gasteiger partial charge >= 0.3 is 5.69 Å². The monoisotopic (exact) mass is 333 g/mol. The molecule has 0 saturated carbocycles. The lowest BCUT2D eigenvalue weighted by molar-refractivity contribution is -0.0549. The van der Waals surface area contributed by atoms with Crippen LogP contribution in [-0.4, -0.2) is 49.8 Å². The Labute approximate surface area is 138 Å². The van der Waals surface area contributed by atoms with Crippen LogP contribution in [0, 0.1) is 6.92 Å². The summed E-state index contributed by atoms with van der Waals surface area (Å²) in [6.45, 7) is 1.52. The van der Waals surface area contributed by atoms with Crippen molar-refractivity contribution < 1.29 is 20.1 Å². The Hall–Kier alpha value is -2.26. The molecule has 0 bridgehead atoms. The second kappa shape index (κ2) is 6.70. The van der Waals surface area contributed by atoms with E-state index in [1.165, 1.54) is 6.20 Å². The summed E-state index contributed by atoms with van der Waals surface area (Å²) in [6.07, 6.45) is -3.20. The zero-order chi connectivity index (χ0) is 17.3. The molecule has 2 heterocycles. The summed E-state index contributed by atoms with van der Waals surface area (Å²) in [4.78, 5) is 16.1. The average Bonchev–Trinajstić information content (AvgIpc) is 2.85. The second-order valence-electron chi connectivity index (χ2n) is 5.72. The van der Waals surface area contributed by atoms with Crippen molar-refractivity contribution in [3.8, 4) is 0 Å². The van der Waals surface area contributed by atoms with Gasteiger partial charge in [0.1, 0.15) is 24.1 Å². The van der Waals surface area contributed by atoms with Crippen LogP contribution in [0.4, 0.5) is 11.5 Å². The maximum Gasteiger partial charge on any atom is 0.351 e. The van der Waals surface area contributed by atoms with Crippen LogP contribution in [-0.2, 0) is 4.74 Å². The summed E-state index contributed by atoms with van der Waals surface area (Å²) in [7, 11) is 0. The van der Waals surface area contributed by atoms with Gasteiger partial charge in [0, 0.05) is 11.9 Å². The Morgan fingerprint density at radius 2 is 1.92 bits per heavy atom. The van der Waals surface area contributed by atoms with Crippen LogP contribution in [0.25, 0.3) is 0 Å². The average molecular weight is 333 g/mol. The van der Waals surface area contributed by atoms with E-state index in [-0.39, 0.29) is 0 Å². The zero-order valence-electron chi connectivity index (χ0n) is 13.0. The summed E-state index contributed by atoms with van der Waals surface area (Å²) in [5.74, 6) is 0.354. The summed E-state index contributed by atoms with van der Waals surface area (Å²) < 4.78 is 6.41. The molecule has 1 fully saturated rings. The first-order valence-corrected chi connectivity index (χ1v) is 7.55. The largest absolute Gasteiger partial charge is 0.394 e. The SMILES string of the molecule is Cc1ccc(Nc2ccn([C@@H]3O[C@H](CO)[C@@H](O)[C@H]3O)c(=O)n2)cc1. The molecule has 1 aliphatic heterocycles. The molecular formula is C16H19N3O5. The van der Waals surface area contributed by atoms with E-state index in [0.717, 1.165) is 15.8 Å². The van der Waals surface area contributed by atoms with Crippen LogP contribution < -0.4 is 11.0 Å². The van der Waals surface area contributed by atoms with Crippen LogP contribution >= 0.6 is 0 Å². The molecule has 8 heteroatoms. The first kappa shape index (κ1) is 16.6. The molecule has 128 valence electrons. The van der Waals surface area contributed by atoms with Crippen molar-refractivity contribution in [1.29, 1.82) is 0 Å². The van der Waals surface area contributed by atoms with Gasteiger partial charge in [-0.1, -0.05) is 17.7 Å². The van der Waals surface area contributed by atoms with Crippen molar-refractivity contribution in [2.75, 3.05) is 11.9 Å². The van der Waals surface area contributed by atoms with Crippen molar-refractivity contribution in [2.24, 2.45) is 0 Å². The molecule has 1 saturated heterocycles. The van der Waals surface area contributed by atoms with Crippen molar-refractivity contribution in [3.63, 3.8) is 0 Å². The summed E-state index contributed by atoms with van der Waals surface area (Å²) >= 11 is 0. The molecular weight excluding hydrogens is 314 g/mol. The second-order valence-corrected chi connectivity index (χ2v) is 5.72. The fourth-order valence-electron chi connectivity index (χ4n) is 2.57. The molecule has 8 nitrogen and oxygen atoms in total. The number of aromatic nitrogens is 2. The molecule has 24 heavy (non-hydrogen) atoms. The molecule has 0 amide bonds. The highest BCUT2D eigenvalue weighted by molar-refractivity contribution is 5.55. The molecule has 0 radical (unpaired) electrons. The number of nitrogens with one attached hydrogen (secondary N) is 1. The fourth-order valence-corrected chi connectivity index (χ4v) is 2.57. The fraction of sp³-hybridized carbons (Fsp3) is 0.375. The number of hydrogen-bond donors (Lipinski definition) is 4. The number of aliphatic hydroxyl groups is 3. The number of rotatable bonds is 4. The van der Waals surface area contributed by atoms with Gasteiger partial charge in [0.25, 0.3) is 0 Å². The lowest BCUT2D eigenvalue weighted by atomic mass is 10.1. The zero-order valence-corrected chi connectivity index (χ0v) is 13.0. The van der Waals surface area contributed by atoms with E-state index < -0.39 is 36.8 Å². The number of anilines is 2. The maximum absolute atomic E-state index is 12.2. The Kier molecular flexibility index (Phi) is 4.63. The predicted octanol–water partition coefficient (Wildman–Crippen LogP) is -0.0932.